The molecule has 0 aliphatic heterocycles. The number of aliphatic hydroxyl groups excluding tert-OH is 2. The number of aliphatic hydroxyl groups is 2. The van der Waals surface area contributed by atoms with Crippen LogP contribution in [-0.2, 0) is 14.3 Å². The SMILES string of the molecule is CCCCC/C=C/C=C/C=C/C=C/CCCCCCCC(=O)OC(CCCCCCC/C=C\CCCCCC)CC(=O)NC(CO)C(O)CCCCCCCCCCCCCCCC. The van der Waals surface area contributed by atoms with Crippen LogP contribution in [0.5, 0.6) is 0 Å². The first-order valence-electron chi connectivity index (χ1n) is 27.6. The number of carbonyl (C=O) groups excluding carboxylic acids is 2. The van der Waals surface area contributed by atoms with Gasteiger partial charge < -0.3 is 20.3 Å². The first kappa shape index (κ1) is 61.6. The molecule has 0 aromatic carbocycles. The smallest absolute Gasteiger partial charge is 0.306 e. The molecule has 0 bridgehead atoms. The molecule has 3 N–H and O–H groups in total. The Bertz CT molecular complexity index is 1140. The van der Waals surface area contributed by atoms with Gasteiger partial charge in [0.15, 0.2) is 0 Å². The van der Waals surface area contributed by atoms with Crippen LogP contribution in [0.3, 0.4) is 0 Å². The number of carbonyl (C=O) groups is 2. The molecule has 372 valence electrons. The number of amides is 1. The first-order chi connectivity index (χ1) is 31.5. The molecule has 0 heterocycles. The minimum atomic E-state index is -0.795. The molecule has 6 nitrogen and oxygen atoms in total. The third-order valence-electron chi connectivity index (χ3n) is 12.4. The third-order valence-corrected chi connectivity index (χ3v) is 12.4. The number of rotatable bonds is 49. The molecule has 1 amide bonds. The predicted octanol–water partition coefficient (Wildman–Crippen LogP) is 16.8. The minimum absolute atomic E-state index is 0.0615. The molecule has 64 heavy (non-hydrogen) atoms. The van der Waals surface area contributed by atoms with E-state index in [4.69, 9.17) is 4.74 Å². The van der Waals surface area contributed by atoms with Gasteiger partial charge in [-0.3, -0.25) is 9.59 Å². The lowest BCUT2D eigenvalue weighted by Gasteiger charge is -2.24. The highest BCUT2D eigenvalue weighted by Gasteiger charge is 2.24. The fourth-order valence-electron chi connectivity index (χ4n) is 8.20. The Hall–Kier alpha value is -2.44. The summed E-state index contributed by atoms with van der Waals surface area (Å²) in [7, 11) is 0. The molecule has 0 rings (SSSR count). The second-order valence-corrected chi connectivity index (χ2v) is 18.7. The highest BCUT2D eigenvalue weighted by atomic mass is 16.5. The lowest BCUT2D eigenvalue weighted by Crippen LogP contribution is -2.46. The van der Waals surface area contributed by atoms with Gasteiger partial charge in [-0.05, 0) is 77.0 Å². The van der Waals surface area contributed by atoms with E-state index in [1.54, 1.807) is 0 Å². The Balaban J connectivity index is 4.60. The molecule has 0 fully saturated rings. The van der Waals surface area contributed by atoms with Crippen LogP contribution in [-0.4, -0.2) is 46.9 Å². The molecule has 0 saturated carbocycles. The van der Waals surface area contributed by atoms with Crippen molar-refractivity contribution in [3.63, 3.8) is 0 Å². The summed E-state index contributed by atoms with van der Waals surface area (Å²) in [5, 5.41) is 23.8. The fourth-order valence-corrected chi connectivity index (χ4v) is 8.20. The zero-order valence-electron chi connectivity index (χ0n) is 42.4. The average Bonchev–Trinajstić information content (AvgIpc) is 3.29. The number of unbranched alkanes of at least 4 members (excludes halogenated alkanes) is 30. The summed E-state index contributed by atoms with van der Waals surface area (Å²) in [4.78, 5) is 26.2. The Morgan fingerprint density at radius 1 is 0.453 bits per heavy atom. The van der Waals surface area contributed by atoms with Crippen molar-refractivity contribution >= 4 is 11.9 Å². The summed E-state index contributed by atoms with van der Waals surface area (Å²) in [6, 6.07) is -0.710. The minimum Gasteiger partial charge on any atom is -0.462 e. The first-order valence-corrected chi connectivity index (χ1v) is 27.6. The lowest BCUT2D eigenvalue weighted by atomic mass is 10.0. The van der Waals surface area contributed by atoms with Crippen LogP contribution in [0.2, 0.25) is 0 Å². The van der Waals surface area contributed by atoms with Crippen molar-refractivity contribution in [2.45, 2.75) is 289 Å². The van der Waals surface area contributed by atoms with Gasteiger partial charge in [-0.25, -0.2) is 0 Å². The van der Waals surface area contributed by atoms with Gasteiger partial charge in [0, 0.05) is 6.42 Å². The molecule has 0 aliphatic rings. The number of ether oxygens (including phenoxy) is 1. The largest absolute Gasteiger partial charge is 0.462 e. The number of nitrogens with one attached hydrogen (secondary N) is 1. The predicted molar refractivity (Wildman–Crippen MR) is 278 cm³/mol. The Labute approximate surface area is 397 Å². The normalized spacial score (nSPS) is 13.6. The van der Waals surface area contributed by atoms with Crippen LogP contribution in [0, 0.1) is 0 Å². The molecule has 0 aromatic heterocycles. The molecule has 3 unspecified atom stereocenters. The van der Waals surface area contributed by atoms with Gasteiger partial charge in [-0.15, -0.1) is 0 Å². The van der Waals surface area contributed by atoms with Gasteiger partial charge in [0.05, 0.1) is 25.2 Å². The monoisotopic (exact) mass is 896 g/mol. The van der Waals surface area contributed by atoms with Crippen molar-refractivity contribution in [2.75, 3.05) is 6.61 Å². The molecule has 0 aromatic rings. The summed E-state index contributed by atoms with van der Waals surface area (Å²) in [6.07, 6.45) is 64.1. The molecule has 0 spiro atoms. The molecule has 0 saturated heterocycles. The fraction of sp³-hybridized carbons (Fsp3) is 0.793. The Kier molecular flexibility index (Phi) is 49.6. The van der Waals surface area contributed by atoms with E-state index in [0.717, 1.165) is 89.9 Å². The molecule has 0 aliphatic carbocycles. The number of allylic oxidation sites excluding steroid dienone is 10. The summed E-state index contributed by atoms with van der Waals surface area (Å²) < 4.78 is 5.94. The van der Waals surface area contributed by atoms with E-state index in [2.05, 4.69) is 86.8 Å². The molecular formula is C58H105NO5. The quantitative estimate of drug-likeness (QED) is 0.0245. The maximum absolute atomic E-state index is 13.2. The summed E-state index contributed by atoms with van der Waals surface area (Å²) in [6.45, 7) is 6.44. The summed E-state index contributed by atoms with van der Waals surface area (Å²) >= 11 is 0. The molecule has 0 radical (unpaired) electrons. The van der Waals surface area contributed by atoms with Crippen molar-refractivity contribution < 1.29 is 24.5 Å². The van der Waals surface area contributed by atoms with E-state index in [-0.39, 0.29) is 24.9 Å². The van der Waals surface area contributed by atoms with Crippen LogP contribution < -0.4 is 5.32 Å². The standard InChI is InChI=1S/C58H105NO5/c1-4-7-10-13-16-19-22-25-27-28-29-30-33-36-39-42-45-48-51-58(63)64-54(49-46-43-40-37-34-31-24-21-18-15-12-9-6-3)52-57(62)59-55(53-60)56(61)50-47-44-41-38-35-32-26-23-20-17-14-11-8-5-2/h16,19,21-22,24-25,27-30,54-56,60-61H,4-15,17-18,20,23,26,31-53H2,1-3H3,(H,59,62)/b19-16+,24-21-,25-22+,28-27+,30-29+. The van der Waals surface area contributed by atoms with Gasteiger partial charge in [0.25, 0.3) is 0 Å². The second kappa shape index (κ2) is 51.5. The molecule has 3 atom stereocenters. The van der Waals surface area contributed by atoms with Crippen molar-refractivity contribution in [1.82, 2.24) is 5.32 Å². The number of hydrogen-bond donors (Lipinski definition) is 3. The van der Waals surface area contributed by atoms with E-state index >= 15 is 0 Å². The van der Waals surface area contributed by atoms with Crippen LogP contribution in [0.1, 0.15) is 271 Å². The zero-order chi connectivity index (χ0) is 46.7. The highest BCUT2D eigenvalue weighted by Crippen LogP contribution is 2.18. The van der Waals surface area contributed by atoms with Gasteiger partial charge in [0.2, 0.25) is 5.91 Å². The van der Waals surface area contributed by atoms with Gasteiger partial charge >= 0.3 is 5.97 Å². The van der Waals surface area contributed by atoms with E-state index in [1.165, 1.54) is 135 Å². The summed E-state index contributed by atoms with van der Waals surface area (Å²) in [5.41, 5.74) is 0. The van der Waals surface area contributed by atoms with Crippen LogP contribution in [0.4, 0.5) is 0 Å². The Morgan fingerprint density at radius 2 is 0.812 bits per heavy atom. The van der Waals surface area contributed by atoms with Crippen LogP contribution in [0.25, 0.3) is 0 Å². The second-order valence-electron chi connectivity index (χ2n) is 18.7. The van der Waals surface area contributed by atoms with Gasteiger partial charge in [0.1, 0.15) is 6.10 Å². The average molecular weight is 896 g/mol. The van der Waals surface area contributed by atoms with E-state index in [0.29, 0.717) is 19.3 Å². The van der Waals surface area contributed by atoms with E-state index < -0.39 is 18.2 Å². The highest BCUT2D eigenvalue weighted by molar-refractivity contribution is 5.77. The van der Waals surface area contributed by atoms with Gasteiger partial charge in [-0.1, -0.05) is 242 Å². The number of esters is 1. The maximum atomic E-state index is 13.2. The van der Waals surface area contributed by atoms with Crippen molar-refractivity contribution in [2.24, 2.45) is 0 Å². The third kappa shape index (κ3) is 46.1. The number of hydrogen-bond acceptors (Lipinski definition) is 5. The van der Waals surface area contributed by atoms with Crippen LogP contribution in [0.15, 0.2) is 60.8 Å². The topological polar surface area (TPSA) is 95.9 Å². The van der Waals surface area contributed by atoms with Crippen molar-refractivity contribution in [1.29, 1.82) is 0 Å². The molecule has 6 heteroatoms. The van der Waals surface area contributed by atoms with E-state index in [1.807, 2.05) is 0 Å². The van der Waals surface area contributed by atoms with Crippen molar-refractivity contribution in [3.05, 3.63) is 60.8 Å². The zero-order valence-corrected chi connectivity index (χ0v) is 42.4. The summed E-state index contributed by atoms with van der Waals surface area (Å²) in [5.74, 6) is -0.503. The Morgan fingerprint density at radius 3 is 1.30 bits per heavy atom. The lowest BCUT2D eigenvalue weighted by molar-refractivity contribution is -0.151. The van der Waals surface area contributed by atoms with E-state index in [9.17, 15) is 19.8 Å². The maximum Gasteiger partial charge on any atom is 0.306 e. The van der Waals surface area contributed by atoms with Crippen molar-refractivity contribution in [3.8, 4) is 0 Å². The van der Waals surface area contributed by atoms with Gasteiger partial charge in [-0.2, -0.15) is 0 Å². The van der Waals surface area contributed by atoms with Crippen LogP contribution >= 0.6 is 0 Å². The molecular weight excluding hydrogens is 791 g/mol.